The molecule has 8 heteroatoms. The fourth-order valence-corrected chi connectivity index (χ4v) is 4.17. The van der Waals surface area contributed by atoms with Crippen LogP contribution in [0, 0.1) is 0 Å². The number of carbonyl (C=O) groups is 1. The molecule has 2 aromatic carbocycles. The van der Waals surface area contributed by atoms with Crippen LogP contribution >= 0.6 is 11.6 Å². The molecule has 0 aliphatic heterocycles. The molecule has 0 unspecified atom stereocenters. The number of anilines is 1. The zero-order valence-corrected chi connectivity index (χ0v) is 20.3. The van der Waals surface area contributed by atoms with Crippen molar-refractivity contribution < 1.29 is 14.0 Å². The molecule has 1 aromatic heterocycles. The highest BCUT2D eigenvalue weighted by molar-refractivity contribution is 6.69. The van der Waals surface area contributed by atoms with Gasteiger partial charge in [-0.25, -0.2) is 4.68 Å². The van der Waals surface area contributed by atoms with Crippen LogP contribution in [0.15, 0.2) is 42.5 Å². The topological polar surface area (TPSA) is 65.4 Å². The van der Waals surface area contributed by atoms with Crippen molar-refractivity contribution in [1.29, 1.82) is 0 Å². The standard InChI is InChI=1S/C23H30ClN3O3Si/c1-5-9-22(28)25-23-19-14-18(17-10-7-6-8-11-17)20(24)15-21(19)27(26-23)16-29-12-13-30-31(2,3)4/h6-8,10-11,14-15H,5,9,12-13,16H2,1-4H3,(H,25,26,28). The lowest BCUT2D eigenvalue weighted by Crippen LogP contribution is -2.27. The molecule has 1 N–H and O–H groups in total. The normalized spacial score (nSPS) is 11.8. The smallest absolute Gasteiger partial charge is 0.225 e. The lowest BCUT2D eigenvalue weighted by atomic mass is 10.0. The summed E-state index contributed by atoms with van der Waals surface area (Å²) >= 11 is 6.62. The molecule has 0 aliphatic rings. The molecule has 1 heterocycles. The second-order valence-electron chi connectivity index (χ2n) is 8.36. The van der Waals surface area contributed by atoms with Gasteiger partial charge in [0.1, 0.15) is 6.73 Å². The van der Waals surface area contributed by atoms with Crippen molar-refractivity contribution in [3.05, 3.63) is 47.5 Å². The molecule has 3 rings (SSSR count). The zero-order chi connectivity index (χ0) is 22.4. The Labute approximate surface area is 189 Å². The van der Waals surface area contributed by atoms with Crippen LogP contribution in [-0.2, 0) is 20.7 Å². The first-order valence-electron chi connectivity index (χ1n) is 10.6. The van der Waals surface area contributed by atoms with Gasteiger partial charge >= 0.3 is 0 Å². The highest BCUT2D eigenvalue weighted by Crippen LogP contribution is 2.35. The molecule has 0 spiro atoms. The van der Waals surface area contributed by atoms with Crippen molar-refractivity contribution in [2.24, 2.45) is 0 Å². The number of ether oxygens (including phenoxy) is 1. The van der Waals surface area contributed by atoms with Gasteiger partial charge in [-0.1, -0.05) is 48.9 Å². The summed E-state index contributed by atoms with van der Waals surface area (Å²) in [6.45, 7) is 9.67. The number of carbonyl (C=O) groups excluding carboxylic acids is 1. The minimum Gasteiger partial charge on any atom is -0.415 e. The van der Waals surface area contributed by atoms with Crippen molar-refractivity contribution in [1.82, 2.24) is 9.78 Å². The summed E-state index contributed by atoms with van der Waals surface area (Å²) in [5.41, 5.74) is 2.71. The number of rotatable bonds is 10. The van der Waals surface area contributed by atoms with Gasteiger partial charge in [0.2, 0.25) is 5.91 Å². The van der Waals surface area contributed by atoms with Gasteiger partial charge in [-0.15, -0.1) is 0 Å². The van der Waals surface area contributed by atoms with Gasteiger partial charge in [0.15, 0.2) is 14.1 Å². The van der Waals surface area contributed by atoms with Gasteiger partial charge in [0.05, 0.1) is 23.8 Å². The fraction of sp³-hybridized carbons (Fsp3) is 0.391. The van der Waals surface area contributed by atoms with Crippen LogP contribution in [0.5, 0.6) is 0 Å². The molecule has 31 heavy (non-hydrogen) atoms. The van der Waals surface area contributed by atoms with Crippen molar-refractivity contribution in [3.63, 3.8) is 0 Å². The Morgan fingerprint density at radius 1 is 1.16 bits per heavy atom. The Bertz CT molecular complexity index is 1030. The van der Waals surface area contributed by atoms with E-state index in [0.29, 0.717) is 30.5 Å². The minimum absolute atomic E-state index is 0.0604. The quantitative estimate of drug-likeness (QED) is 0.302. The number of aromatic nitrogens is 2. The van der Waals surface area contributed by atoms with E-state index in [-0.39, 0.29) is 12.6 Å². The highest BCUT2D eigenvalue weighted by Gasteiger charge is 2.17. The Hall–Kier alpha value is -2.19. The van der Waals surface area contributed by atoms with Crippen molar-refractivity contribution in [2.75, 3.05) is 18.5 Å². The molecule has 6 nitrogen and oxygen atoms in total. The van der Waals surface area contributed by atoms with Crippen LogP contribution in [0.1, 0.15) is 19.8 Å². The van der Waals surface area contributed by atoms with Crippen molar-refractivity contribution in [3.8, 4) is 11.1 Å². The monoisotopic (exact) mass is 459 g/mol. The maximum Gasteiger partial charge on any atom is 0.225 e. The van der Waals surface area contributed by atoms with E-state index >= 15 is 0 Å². The number of nitrogens with zero attached hydrogens (tertiary/aromatic N) is 2. The summed E-state index contributed by atoms with van der Waals surface area (Å²) < 4.78 is 13.3. The average Bonchev–Trinajstić information content (AvgIpc) is 3.03. The molecule has 0 fully saturated rings. The molecule has 0 atom stereocenters. The molecule has 3 aromatic rings. The van der Waals surface area contributed by atoms with Gasteiger partial charge in [-0.2, -0.15) is 5.10 Å². The fourth-order valence-electron chi connectivity index (χ4n) is 3.20. The largest absolute Gasteiger partial charge is 0.415 e. The predicted molar refractivity (Wildman–Crippen MR) is 129 cm³/mol. The number of benzene rings is 2. The molecule has 0 saturated carbocycles. The molecule has 166 valence electrons. The van der Waals surface area contributed by atoms with Crippen LogP contribution < -0.4 is 5.32 Å². The summed E-state index contributed by atoms with van der Waals surface area (Å²) in [7, 11) is -1.57. The van der Waals surface area contributed by atoms with Crippen LogP contribution in [0.25, 0.3) is 22.0 Å². The third-order valence-corrected chi connectivity index (χ3v) is 6.02. The van der Waals surface area contributed by atoms with Gasteiger partial charge in [-0.3, -0.25) is 4.79 Å². The lowest BCUT2D eigenvalue weighted by molar-refractivity contribution is -0.116. The third-order valence-electron chi connectivity index (χ3n) is 4.64. The molecule has 1 amide bonds. The maximum absolute atomic E-state index is 12.3. The van der Waals surface area contributed by atoms with E-state index in [1.807, 2.05) is 49.4 Å². The number of hydrogen-bond donors (Lipinski definition) is 1. The summed E-state index contributed by atoms with van der Waals surface area (Å²) in [4.78, 5) is 12.3. The van der Waals surface area contributed by atoms with Crippen LogP contribution in [0.2, 0.25) is 24.7 Å². The van der Waals surface area contributed by atoms with Gasteiger partial charge in [0, 0.05) is 17.4 Å². The van der Waals surface area contributed by atoms with Crippen molar-refractivity contribution in [2.45, 2.75) is 46.1 Å². The zero-order valence-electron chi connectivity index (χ0n) is 18.6. The van der Waals surface area contributed by atoms with Gasteiger partial charge in [0.25, 0.3) is 0 Å². The van der Waals surface area contributed by atoms with Crippen molar-refractivity contribution >= 4 is 42.5 Å². The summed E-state index contributed by atoms with van der Waals surface area (Å²) in [5.74, 6) is 0.457. The lowest BCUT2D eigenvalue weighted by Gasteiger charge is -2.17. The summed E-state index contributed by atoms with van der Waals surface area (Å²) in [6, 6.07) is 13.8. The van der Waals surface area contributed by atoms with E-state index in [0.717, 1.165) is 28.5 Å². The van der Waals surface area contributed by atoms with Crippen LogP contribution in [0.3, 0.4) is 0 Å². The predicted octanol–water partition coefficient (Wildman–Crippen LogP) is 5.92. The van der Waals surface area contributed by atoms with E-state index in [4.69, 9.17) is 20.8 Å². The summed E-state index contributed by atoms with van der Waals surface area (Å²) in [5, 5.41) is 8.99. The van der Waals surface area contributed by atoms with Gasteiger partial charge < -0.3 is 14.5 Å². The maximum atomic E-state index is 12.3. The summed E-state index contributed by atoms with van der Waals surface area (Å²) in [6.07, 6.45) is 1.21. The molecular weight excluding hydrogens is 430 g/mol. The first-order valence-corrected chi connectivity index (χ1v) is 14.3. The average molecular weight is 460 g/mol. The third kappa shape index (κ3) is 6.40. The Morgan fingerprint density at radius 2 is 1.90 bits per heavy atom. The molecular formula is C23H30ClN3O3Si. The second kappa shape index (κ2) is 10.4. The van der Waals surface area contributed by atoms with Gasteiger partial charge in [-0.05, 0) is 43.8 Å². The number of halogens is 1. The first-order chi connectivity index (χ1) is 14.8. The van der Waals surface area contributed by atoms with E-state index in [2.05, 4.69) is 30.1 Å². The SMILES string of the molecule is CCCC(=O)Nc1nn(COCCO[Si](C)(C)C)c2cc(Cl)c(-c3ccccc3)cc12. The Kier molecular flexibility index (Phi) is 7.88. The number of fused-ring (bicyclic) bond motifs is 1. The molecule has 0 saturated heterocycles. The Morgan fingerprint density at radius 3 is 2.58 bits per heavy atom. The Balaban J connectivity index is 1.89. The molecule has 0 radical (unpaired) electrons. The molecule has 0 bridgehead atoms. The van der Waals surface area contributed by atoms with E-state index in [1.165, 1.54) is 0 Å². The second-order valence-corrected chi connectivity index (χ2v) is 13.3. The number of nitrogens with one attached hydrogen (secondary N) is 1. The highest BCUT2D eigenvalue weighted by atomic mass is 35.5. The van der Waals surface area contributed by atoms with Crippen LogP contribution in [0.4, 0.5) is 5.82 Å². The van der Waals surface area contributed by atoms with E-state index < -0.39 is 8.32 Å². The number of amides is 1. The van der Waals surface area contributed by atoms with Crippen LogP contribution in [-0.4, -0.2) is 37.2 Å². The first kappa shape index (κ1) is 23.5. The van der Waals surface area contributed by atoms with E-state index in [1.54, 1.807) is 4.68 Å². The minimum atomic E-state index is -1.57. The molecule has 0 aliphatic carbocycles. The number of hydrogen-bond acceptors (Lipinski definition) is 4. The van der Waals surface area contributed by atoms with E-state index in [9.17, 15) is 4.79 Å².